The van der Waals surface area contributed by atoms with Crippen LogP contribution in [-0.2, 0) is 0 Å². The van der Waals surface area contributed by atoms with Crippen LogP contribution in [0, 0.1) is 22.6 Å². The Kier molecular flexibility index (Phi) is 4.34. The Balaban J connectivity index is 1.88. The topological polar surface area (TPSA) is 27.0 Å². The lowest BCUT2D eigenvalue weighted by molar-refractivity contribution is 0.157. The van der Waals surface area contributed by atoms with Crippen LogP contribution in [0.2, 0.25) is 0 Å². The Hall–Kier alpha value is -1.66. The van der Waals surface area contributed by atoms with Gasteiger partial charge in [0.1, 0.15) is 5.82 Å². The summed E-state index contributed by atoms with van der Waals surface area (Å²) in [4.78, 5) is 2.30. The summed E-state index contributed by atoms with van der Waals surface area (Å²) >= 11 is 0. The number of likely N-dealkylation sites (tertiary alicyclic amines) is 1. The lowest BCUT2D eigenvalue weighted by Crippen LogP contribution is -2.40. The van der Waals surface area contributed by atoms with Gasteiger partial charge in [0.25, 0.3) is 0 Å². The van der Waals surface area contributed by atoms with Crippen LogP contribution in [0.25, 0.3) is 6.08 Å². The van der Waals surface area contributed by atoms with Crippen LogP contribution in [0.15, 0.2) is 30.3 Å². The molecule has 0 aliphatic carbocycles. The van der Waals surface area contributed by atoms with Crippen molar-refractivity contribution in [3.8, 4) is 6.07 Å². The van der Waals surface area contributed by atoms with Crippen LogP contribution < -0.4 is 0 Å². The summed E-state index contributed by atoms with van der Waals surface area (Å²) in [5, 5.41) is 9.17. The maximum atomic E-state index is 12.8. The van der Waals surface area contributed by atoms with Gasteiger partial charge in [-0.05, 0) is 44.0 Å². The highest BCUT2D eigenvalue weighted by molar-refractivity contribution is 5.48. The lowest BCUT2D eigenvalue weighted by atomic mass is 9.83. The molecule has 0 radical (unpaired) electrons. The Morgan fingerprint density at radius 3 is 2.84 bits per heavy atom. The van der Waals surface area contributed by atoms with Crippen molar-refractivity contribution in [2.75, 3.05) is 19.6 Å². The van der Waals surface area contributed by atoms with Crippen LogP contribution in [0.4, 0.5) is 4.39 Å². The monoisotopic (exact) mass is 258 g/mol. The summed E-state index contributed by atoms with van der Waals surface area (Å²) in [5.74, 6) is -0.210. The summed E-state index contributed by atoms with van der Waals surface area (Å²) in [7, 11) is 0. The molecule has 1 aliphatic heterocycles. The van der Waals surface area contributed by atoms with E-state index >= 15 is 0 Å². The van der Waals surface area contributed by atoms with Gasteiger partial charge in [0.2, 0.25) is 0 Å². The molecule has 0 saturated carbocycles. The summed E-state index contributed by atoms with van der Waals surface area (Å²) in [5.41, 5.74) is 0.795. The SMILES string of the molecule is CC1(C#N)CCCN(C/C=C/c2ccc(F)cc2)C1. The molecule has 2 rings (SSSR count). The van der Waals surface area contributed by atoms with Crippen LogP contribution in [0.3, 0.4) is 0 Å². The molecule has 0 N–H and O–H groups in total. The van der Waals surface area contributed by atoms with E-state index in [0.29, 0.717) is 0 Å². The first-order valence-corrected chi connectivity index (χ1v) is 6.67. The molecule has 1 aliphatic rings. The second-order valence-electron chi connectivity index (χ2n) is 5.47. The zero-order valence-electron chi connectivity index (χ0n) is 11.3. The van der Waals surface area contributed by atoms with E-state index in [2.05, 4.69) is 17.0 Å². The van der Waals surface area contributed by atoms with Gasteiger partial charge in [0.15, 0.2) is 0 Å². The van der Waals surface area contributed by atoms with Crippen LogP contribution in [0.5, 0.6) is 0 Å². The molecule has 1 aromatic carbocycles. The minimum Gasteiger partial charge on any atom is -0.298 e. The number of benzene rings is 1. The highest BCUT2D eigenvalue weighted by Gasteiger charge is 2.30. The minimum atomic E-state index is -0.210. The van der Waals surface area contributed by atoms with Crippen molar-refractivity contribution in [2.24, 2.45) is 5.41 Å². The average molecular weight is 258 g/mol. The van der Waals surface area contributed by atoms with Crippen molar-refractivity contribution in [1.29, 1.82) is 5.26 Å². The zero-order chi connectivity index (χ0) is 13.7. The van der Waals surface area contributed by atoms with Gasteiger partial charge >= 0.3 is 0 Å². The van der Waals surface area contributed by atoms with Crippen molar-refractivity contribution >= 4 is 6.08 Å². The predicted octanol–water partition coefficient (Wildman–Crippen LogP) is 3.46. The van der Waals surface area contributed by atoms with E-state index in [1.807, 2.05) is 13.0 Å². The number of rotatable bonds is 3. The molecule has 0 aromatic heterocycles. The predicted molar refractivity (Wildman–Crippen MR) is 74.8 cm³/mol. The fourth-order valence-corrected chi connectivity index (χ4v) is 2.50. The Morgan fingerprint density at radius 1 is 1.42 bits per heavy atom. The maximum absolute atomic E-state index is 12.8. The van der Waals surface area contributed by atoms with E-state index in [1.54, 1.807) is 12.1 Å². The summed E-state index contributed by atoms with van der Waals surface area (Å²) < 4.78 is 12.8. The van der Waals surface area contributed by atoms with E-state index in [9.17, 15) is 4.39 Å². The van der Waals surface area contributed by atoms with E-state index in [1.165, 1.54) is 12.1 Å². The third-order valence-corrected chi connectivity index (χ3v) is 3.59. The number of nitriles is 1. The molecule has 2 nitrogen and oxygen atoms in total. The standard InChI is InChI=1S/C16H19FN2/c1-16(12-18)9-3-11-19(13-16)10-2-4-14-5-7-15(17)8-6-14/h2,4-8H,3,9-11,13H2,1H3/b4-2+. The van der Waals surface area contributed by atoms with E-state index in [-0.39, 0.29) is 11.2 Å². The average Bonchev–Trinajstić information content (AvgIpc) is 2.41. The molecule has 3 heteroatoms. The van der Waals surface area contributed by atoms with Crippen molar-refractivity contribution in [2.45, 2.75) is 19.8 Å². The smallest absolute Gasteiger partial charge is 0.123 e. The number of halogens is 1. The van der Waals surface area contributed by atoms with Gasteiger partial charge in [-0.15, -0.1) is 0 Å². The van der Waals surface area contributed by atoms with Crippen LogP contribution in [-0.4, -0.2) is 24.5 Å². The normalized spacial score (nSPS) is 24.5. The summed E-state index contributed by atoms with van der Waals surface area (Å²) in [6.45, 7) is 4.75. The minimum absolute atomic E-state index is 0.206. The van der Waals surface area contributed by atoms with Gasteiger partial charge in [-0.2, -0.15) is 5.26 Å². The molecule has 19 heavy (non-hydrogen) atoms. The number of hydrogen-bond donors (Lipinski definition) is 0. The largest absolute Gasteiger partial charge is 0.298 e. The van der Waals surface area contributed by atoms with E-state index in [0.717, 1.165) is 38.0 Å². The van der Waals surface area contributed by atoms with Gasteiger partial charge in [-0.25, -0.2) is 4.39 Å². The number of hydrogen-bond acceptors (Lipinski definition) is 2. The summed E-state index contributed by atoms with van der Waals surface area (Å²) in [6, 6.07) is 8.88. The molecule has 100 valence electrons. The Bertz CT molecular complexity index is 486. The first kappa shape index (κ1) is 13.8. The molecule has 0 amide bonds. The maximum Gasteiger partial charge on any atom is 0.123 e. The molecule has 1 unspecified atom stereocenters. The third-order valence-electron chi connectivity index (χ3n) is 3.59. The van der Waals surface area contributed by atoms with Gasteiger partial charge in [-0.1, -0.05) is 24.3 Å². The van der Waals surface area contributed by atoms with Crippen LogP contribution in [0.1, 0.15) is 25.3 Å². The molecular formula is C16H19FN2. The fraction of sp³-hybridized carbons (Fsp3) is 0.438. The van der Waals surface area contributed by atoms with Crippen molar-refractivity contribution < 1.29 is 4.39 Å². The van der Waals surface area contributed by atoms with E-state index in [4.69, 9.17) is 5.26 Å². The summed E-state index contributed by atoms with van der Waals surface area (Å²) in [6.07, 6.45) is 6.14. The molecule has 1 atom stereocenters. The second kappa shape index (κ2) is 5.99. The third kappa shape index (κ3) is 3.90. The van der Waals surface area contributed by atoms with Gasteiger partial charge < -0.3 is 0 Å². The van der Waals surface area contributed by atoms with E-state index < -0.39 is 0 Å². The van der Waals surface area contributed by atoms with Gasteiger partial charge in [0, 0.05) is 13.1 Å². The van der Waals surface area contributed by atoms with Crippen molar-refractivity contribution in [3.05, 3.63) is 41.7 Å². The van der Waals surface area contributed by atoms with Gasteiger partial charge in [0.05, 0.1) is 11.5 Å². The molecule has 1 aromatic rings. The van der Waals surface area contributed by atoms with Gasteiger partial charge in [-0.3, -0.25) is 4.90 Å². The molecule has 0 bridgehead atoms. The first-order chi connectivity index (χ1) is 9.11. The Labute approximate surface area is 114 Å². The molecular weight excluding hydrogens is 239 g/mol. The zero-order valence-corrected chi connectivity index (χ0v) is 11.3. The quantitative estimate of drug-likeness (QED) is 0.830. The second-order valence-corrected chi connectivity index (χ2v) is 5.47. The fourth-order valence-electron chi connectivity index (χ4n) is 2.50. The van der Waals surface area contributed by atoms with Crippen molar-refractivity contribution in [3.63, 3.8) is 0 Å². The molecule has 1 saturated heterocycles. The highest BCUT2D eigenvalue weighted by Crippen LogP contribution is 2.28. The molecule has 0 spiro atoms. The lowest BCUT2D eigenvalue weighted by Gasteiger charge is -2.35. The first-order valence-electron chi connectivity index (χ1n) is 6.67. The molecule has 1 heterocycles. The number of piperidine rings is 1. The molecule has 1 fully saturated rings. The number of nitrogens with zero attached hydrogens (tertiary/aromatic N) is 2. The highest BCUT2D eigenvalue weighted by atomic mass is 19.1. The Morgan fingerprint density at radius 2 is 2.16 bits per heavy atom. The van der Waals surface area contributed by atoms with Crippen molar-refractivity contribution in [1.82, 2.24) is 4.90 Å². The van der Waals surface area contributed by atoms with Crippen LogP contribution >= 0.6 is 0 Å².